The van der Waals surface area contributed by atoms with E-state index in [0.29, 0.717) is 41.8 Å². The number of alkyl halides is 3. The first-order chi connectivity index (χ1) is 14.2. The van der Waals surface area contributed by atoms with Crippen molar-refractivity contribution < 1.29 is 32.3 Å². The van der Waals surface area contributed by atoms with Gasteiger partial charge in [0.2, 0.25) is 5.88 Å². The first-order valence-corrected chi connectivity index (χ1v) is 9.48. The predicted molar refractivity (Wildman–Crippen MR) is 102 cm³/mol. The summed E-state index contributed by atoms with van der Waals surface area (Å²) in [5.41, 5.74) is 0.520. The van der Waals surface area contributed by atoms with Gasteiger partial charge >= 0.3 is 6.18 Å². The third-order valence-electron chi connectivity index (χ3n) is 5.07. The van der Waals surface area contributed by atoms with Crippen molar-refractivity contribution in [1.82, 2.24) is 14.6 Å². The van der Waals surface area contributed by atoms with Crippen molar-refractivity contribution in [2.24, 2.45) is 0 Å². The molecule has 1 N–H and O–H groups in total. The van der Waals surface area contributed by atoms with Crippen LogP contribution in [0.3, 0.4) is 0 Å². The fraction of sp³-hybridized carbons (Fsp3) is 0.368. The molecule has 1 atom stereocenters. The number of carbonyl (C=O) groups is 1. The number of hydrogen-bond acceptors (Lipinski definition) is 5. The number of carbonyl (C=O) groups excluding carboxylic acids is 1. The number of aromatic nitrogens is 2. The van der Waals surface area contributed by atoms with Crippen molar-refractivity contribution in [3.63, 3.8) is 0 Å². The quantitative estimate of drug-likeness (QED) is 0.654. The molecule has 11 heteroatoms. The van der Waals surface area contributed by atoms with Gasteiger partial charge in [-0.2, -0.15) is 13.2 Å². The van der Waals surface area contributed by atoms with E-state index >= 15 is 0 Å². The molecule has 1 saturated heterocycles. The summed E-state index contributed by atoms with van der Waals surface area (Å²) in [5, 5.41) is 14.5. The average Bonchev–Trinajstić information content (AvgIpc) is 3.32. The van der Waals surface area contributed by atoms with Crippen LogP contribution in [0.25, 0.3) is 22.1 Å². The number of benzene rings is 1. The number of morpholine rings is 1. The molecule has 0 unspecified atom stereocenters. The van der Waals surface area contributed by atoms with Gasteiger partial charge in [-0.05, 0) is 19.1 Å². The second-order valence-corrected chi connectivity index (χ2v) is 7.39. The van der Waals surface area contributed by atoms with Gasteiger partial charge < -0.3 is 23.8 Å². The van der Waals surface area contributed by atoms with Crippen LogP contribution in [0.1, 0.15) is 23.5 Å². The van der Waals surface area contributed by atoms with Crippen LogP contribution >= 0.6 is 11.6 Å². The lowest BCUT2D eigenvalue weighted by Crippen LogP contribution is -2.40. The summed E-state index contributed by atoms with van der Waals surface area (Å²) in [6, 6.07) is 2.47. The summed E-state index contributed by atoms with van der Waals surface area (Å²) in [4.78, 5) is 14.1. The van der Waals surface area contributed by atoms with Gasteiger partial charge in [0.25, 0.3) is 5.91 Å². The monoisotopic (exact) mass is 443 g/mol. The molecular weight excluding hydrogens is 427 g/mol. The minimum Gasteiger partial charge on any atom is -0.494 e. The molecule has 0 bridgehead atoms. The van der Waals surface area contributed by atoms with Gasteiger partial charge in [-0.15, -0.1) is 0 Å². The highest BCUT2D eigenvalue weighted by Crippen LogP contribution is 2.41. The predicted octanol–water partition coefficient (Wildman–Crippen LogP) is 4.25. The summed E-state index contributed by atoms with van der Waals surface area (Å²) in [5.74, 6) is -0.651. The number of aromatic hydroxyl groups is 1. The summed E-state index contributed by atoms with van der Waals surface area (Å²) in [7, 11) is 0. The van der Waals surface area contributed by atoms with E-state index in [-0.39, 0.29) is 27.8 Å². The zero-order chi connectivity index (χ0) is 21.6. The van der Waals surface area contributed by atoms with E-state index in [0.717, 1.165) is 6.92 Å². The average molecular weight is 444 g/mol. The molecule has 3 aromatic rings. The summed E-state index contributed by atoms with van der Waals surface area (Å²) >= 11 is 6.24. The van der Waals surface area contributed by atoms with E-state index in [1.165, 1.54) is 24.4 Å². The van der Waals surface area contributed by atoms with Gasteiger partial charge in [-0.25, -0.2) is 0 Å². The Morgan fingerprint density at radius 1 is 1.27 bits per heavy atom. The Labute approximate surface area is 173 Å². The Morgan fingerprint density at radius 2 is 1.97 bits per heavy atom. The molecule has 2 aromatic heterocycles. The van der Waals surface area contributed by atoms with Crippen molar-refractivity contribution in [1.29, 1.82) is 0 Å². The Hall–Kier alpha value is -2.72. The number of nitrogens with zero attached hydrogens (tertiary/aromatic N) is 3. The van der Waals surface area contributed by atoms with Crippen LogP contribution in [0.2, 0.25) is 5.02 Å². The molecule has 0 radical (unpaired) electrons. The van der Waals surface area contributed by atoms with Gasteiger partial charge in [-0.3, -0.25) is 4.79 Å². The molecule has 0 spiro atoms. The van der Waals surface area contributed by atoms with Crippen molar-refractivity contribution in [3.05, 3.63) is 35.1 Å². The molecule has 1 aromatic carbocycles. The molecule has 4 rings (SSSR count). The van der Waals surface area contributed by atoms with Crippen molar-refractivity contribution in [2.45, 2.75) is 19.1 Å². The fourth-order valence-electron chi connectivity index (χ4n) is 3.34. The first-order valence-electron chi connectivity index (χ1n) is 9.10. The van der Waals surface area contributed by atoms with Crippen LogP contribution in [-0.2, 0) is 4.74 Å². The van der Waals surface area contributed by atoms with E-state index in [4.69, 9.17) is 20.9 Å². The maximum atomic E-state index is 13.1. The second-order valence-electron chi connectivity index (χ2n) is 6.98. The largest absolute Gasteiger partial charge is 0.494 e. The van der Waals surface area contributed by atoms with E-state index in [1.54, 1.807) is 4.90 Å². The summed E-state index contributed by atoms with van der Waals surface area (Å²) < 4.78 is 50.5. The van der Waals surface area contributed by atoms with Crippen molar-refractivity contribution >= 4 is 28.3 Å². The summed E-state index contributed by atoms with van der Waals surface area (Å²) in [6.07, 6.45) is -3.37. The Balaban J connectivity index is 1.69. The number of hydrogen-bond donors (Lipinski definition) is 1. The third-order valence-corrected chi connectivity index (χ3v) is 5.37. The minimum atomic E-state index is -4.54. The molecule has 1 aliphatic heterocycles. The highest BCUT2D eigenvalue weighted by molar-refractivity contribution is 6.36. The fourth-order valence-corrected chi connectivity index (χ4v) is 3.65. The van der Waals surface area contributed by atoms with Crippen LogP contribution in [-0.4, -0.2) is 58.1 Å². The molecule has 160 valence electrons. The standard InChI is InChI=1S/C19H17ClF3N3O4/c1-10(19(21,22)23)26-9-12-6-11(7-13(20)16(12)18(26)28)15-8-14(24-30-15)17(27)25-2-4-29-5-3-25/h6-10,28H,2-5H2,1H3/t10-/m0/s1. The smallest absolute Gasteiger partial charge is 0.408 e. The summed E-state index contributed by atoms with van der Waals surface area (Å²) in [6.45, 7) is 2.72. The normalized spacial score (nSPS) is 16.2. The maximum Gasteiger partial charge on any atom is 0.408 e. The Kier molecular flexibility index (Phi) is 5.15. The van der Waals surface area contributed by atoms with Crippen molar-refractivity contribution in [2.75, 3.05) is 26.3 Å². The zero-order valence-electron chi connectivity index (χ0n) is 15.7. The first kappa shape index (κ1) is 20.5. The van der Waals surface area contributed by atoms with Gasteiger partial charge in [0, 0.05) is 36.3 Å². The highest BCUT2D eigenvalue weighted by Gasteiger charge is 2.39. The third kappa shape index (κ3) is 3.61. The molecule has 1 amide bonds. The minimum absolute atomic E-state index is 0.0468. The molecule has 0 aliphatic carbocycles. The van der Waals surface area contributed by atoms with E-state index in [1.807, 2.05) is 0 Å². The molecule has 1 aliphatic rings. The number of rotatable bonds is 3. The van der Waals surface area contributed by atoms with Crippen LogP contribution in [0.4, 0.5) is 13.2 Å². The molecule has 30 heavy (non-hydrogen) atoms. The topological polar surface area (TPSA) is 80.7 Å². The molecule has 7 nitrogen and oxygen atoms in total. The van der Waals surface area contributed by atoms with Crippen LogP contribution in [0, 0.1) is 0 Å². The molecule has 3 heterocycles. The maximum absolute atomic E-state index is 13.1. The number of fused-ring (bicyclic) bond motifs is 1. The second kappa shape index (κ2) is 7.51. The highest BCUT2D eigenvalue weighted by atomic mass is 35.5. The van der Waals surface area contributed by atoms with E-state index in [2.05, 4.69) is 5.16 Å². The van der Waals surface area contributed by atoms with E-state index < -0.39 is 18.1 Å². The SMILES string of the molecule is C[C@H](n1cc2cc(-c3cc(C(=O)N4CCOCC4)no3)cc(Cl)c2c1O)C(F)(F)F. The van der Waals surface area contributed by atoms with Crippen molar-refractivity contribution in [3.8, 4) is 17.2 Å². The Bertz CT molecular complexity index is 1100. The van der Waals surface area contributed by atoms with Gasteiger partial charge in [-0.1, -0.05) is 16.8 Å². The number of amides is 1. The number of halogens is 4. The van der Waals surface area contributed by atoms with Crippen LogP contribution in [0.5, 0.6) is 5.88 Å². The van der Waals surface area contributed by atoms with Crippen LogP contribution < -0.4 is 0 Å². The van der Waals surface area contributed by atoms with Gasteiger partial charge in [0.05, 0.1) is 23.6 Å². The zero-order valence-corrected chi connectivity index (χ0v) is 16.5. The molecular formula is C19H17ClF3N3O4. The van der Waals surface area contributed by atoms with E-state index in [9.17, 15) is 23.1 Å². The number of ether oxygens (including phenoxy) is 1. The molecule has 0 saturated carbocycles. The Morgan fingerprint density at radius 3 is 2.63 bits per heavy atom. The van der Waals surface area contributed by atoms with Crippen LogP contribution in [0.15, 0.2) is 28.9 Å². The lowest BCUT2D eigenvalue weighted by Gasteiger charge is -2.25. The van der Waals surface area contributed by atoms with Gasteiger partial charge in [0.15, 0.2) is 11.5 Å². The molecule has 1 fully saturated rings. The lowest BCUT2D eigenvalue weighted by atomic mass is 10.1. The van der Waals surface area contributed by atoms with Gasteiger partial charge in [0.1, 0.15) is 6.04 Å². The lowest BCUT2D eigenvalue weighted by molar-refractivity contribution is -0.163.